The molecule has 1 saturated heterocycles. The van der Waals surface area contributed by atoms with Gasteiger partial charge in [0.2, 0.25) is 5.91 Å². The van der Waals surface area contributed by atoms with Gasteiger partial charge in [0.25, 0.3) is 11.8 Å². The lowest BCUT2D eigenvalue weighted by atomic mass is 10.1. The van der Waals surface area contributed by atoms with Gasteiger partial charge in [-0.2, -0.15) is 0 Å². The number of rotatable bonds is 10. The van der Waals surface area contributed by atoms with E-state index >= 15 is 0 Å². The van der Waals surface area contributed by atoms with Gasteiger partial charge in [0.05, 0.1) is 11.4 Å². The smallest absolute Gasteiger partial charge is 0.277 e. The number of carbonyl (C=O) groups is 3. The van der Waals surface area contributed by atoms with Crippen LogP contribution in [0.25, 0.3) is 0 Å². The molecule has 0 radical (unpaired) electrons. The van der Waals surface area contributed by atoms with E-state index in [9.17, 15) is 14.4 Å². The van der Waals surface area contributed by atoms with Crippen molar-refractivity contribution in [3.8, 4) is 0 Å². The normalized spacial score (nSPS) is 14.8. The van der Waals surface area contributed by atoms with Crippen LogP contribution in [0, 0.1) is 6.92 Å². The summed E-state index contributed by atoms with van der Waals surface area (Å²) in [7, 11) is 0. The van der Waals surface area contributed by atoms with E-state index in [1.807, 2.05) is 18.2 Å². The van der Waals surface area contributed by atoms with Crippen molar-refractivity contribution in [1.29, 1.82) is 0 Å². The molecule has 2 aliphatic rings. The summed E-state index contributed by atoms with van der Waals surface area (Å²) in [6, 6.07) is 20.8. The zero-order valence-electron chi connectivity index (χ0n) is 24.7. The summed E-state index contributed by atoms with van der Waals surface area (Å²) in [6.45, 7) is 5.65. The fraction of sp³-hybridized carbons (Fsp3) is 0.294. The standard InChI is InChI=1S/C34H36N6O4/c1-22-5-2-3-8-29(22)39-15-17-40(18-16-39)30-12-11-26(32(42)36-14-13-23-6-4-7-25(19-23)31(35)41)20-27(30)37-33(43)28-21-44-34(38-28)24-9-10-24/h2-8,11-12,19-21,24H,9-10,13-18H2,1H3,(H2,35,41)(H,36,42)(H,37,43). The van der Waals surface area contributed by atoms with E-state index in [-0.39, 0.29) is 17.5 Å². The third kappa shape index (κ3) is 6.59. The lowest BCUT2D eigenvalue weighted by Gasteiger charge is -2.38. The maximum atomic E-state index is 13.3. The van der Waals surface area contributed by atoms with Crippen LogP contribution in [-0.4, -0.2) is 55.4 Å². The highest BCUT2D eigenvalue weighted by atomic mass is 16.3. The molecule has 4 N–H and O–H groups in total. The minimum Gasteiger partial charge on any atom is -0.448 e. The molecule has 0 atom stereocenters. The minimum absolute atomic E-state index is 0.218. The molecular weight excluding hydrogens is 556 g/mol. The molecule has 10 heteroatoms. The summed E-state index contributed by atoms with van der Waals surface area (Å²) < 4.78 is 5.54. The summed E-state index contributed by atoms with van der Waals surface area (Å²) in [5.41, 5.74) is 11.2. The van der Waals surface area contributed by atoms with Gasteiger partial charge in [0, 0.05) is 55.5 Å². The lowest BCUT2D eigenvalue weighted by molar-refractivity contribution is 0.0951. The lowest BCUT2D eigenvalue weighted by Crippen LogP contribution is -2.47. The average Bonchev–Trinajstić information content (AvgIpc) is 3.77. The van der Waals surface area contributed by atoms with E-state index in [4.69, 9.17) is 10.2 Å². The first-order chi connectivity index (χ1) is 21.4. The number of nitrogens with one attached hydrogen (secondary N) is 2. The van der Waals surface area contributed by atoms with Gasteiger partial charge in [-0.3, -0.25) is 14.4 Å². The molecule has 0 unspecified atom stereocenters. The SMILES string of the molecule is Cc1ccccc1N1CCN(c2ccc(C(=O)NCCc3cccc(C(N)=O)c3)cc2NC(=O)c2coc(C3CC3)n2)CC1. The molecule has 10 nitrogen and oxygen atoms in total. The molecule has 2 fully saturated rings. The molecule has 6 rings (SSSR count). The number of nitrogens with zero attached hydrogens (tertiary/aromatic N) is 3. The van der Waals surface area contributed by atoms with Crippen molar-refractivity contribution in [2.45, 2.75) is 32.1 Å². The fourth-order valence-corrected chi connectivity index (χ4v) is 5.56. The van der Waals surface area contributed by atoms with Crippen LogP contribution >= 0.6 is 0 Å². The Balaban J connectivity index is 1.18. The number of hydrogen-bond acceptors (Lipinski definition) is 7. The molecule has 4 aromatic rings. The van der Waals surface area contributed by atoms with Gasteiger partial charge >= 0.3 is 0 Å². The second-order valence-corrected chi connectivity index (χ2v) is 11.4. The molecule has 3 aromatic carbocycles. The van der Waals surface area contributed by atoms with Crippen LogP contribution in [0.15, 0.2) is 77.4 Å². The molecule has 0 spiro atoms. The zero-order valence-corrected chi connectivity index (χ0v) is 24.7. The molecule has 1 aliphatic heterocycles. The maximum Gasteiger partial charge on any atom is 0.277 e. The summed E-state index contributed by atoms with van der Waals surface area (Å²) in [6.07, 6.45) is 3.98. The summed E-state index contributed by atoms with van der Waals surface area (Å²) in [5, 5.41) is 5.95. The van der Waals surface area contributed by atoms with E-state index in [0.29, 0.717) is 41.6 Å². The second kappa shape index (κ2) is 12.6. The average molecular weight is 593 g/mol. The Morgan fingerprint density at radius 2 is 1.64 bits per heavy atom. The number of anilines is 3. The highest BCUT2D eigenvalue weighted by molar-refractivity contribution is 6.06. The van der Waals surface area contributed by atoms with Crippen LogP contribution in [-0.2, 0) is 6.42 Å². The molecule has 3 amide bonds. The van der Waals surface area contributed by atoms with Crippen molar-refractivity contribution >= 4 is 34.8 Å². The summed E-state index contributed by atoms with van der Waals surface area (Å²) >= 11 is 0. The third-order valence-corrected chi connectivity index (χ3v) is 8.18. The Kier molecular flexibility index (Phi) is 8.31. The number of piperazine rings is 1. The van der Waals surface area contributed by atoms with Gasteiger partial charge in [-0.05, 0) is 73.7 Å². The number of carbonyl (C=O) groups excluding carboxylic acids is 3. The van der Waals surface area contributed by atoms with E-state index < -0.39 is 5.91 Å². The van der Waals surface area contributed by atoms with Crippen LogP contribution in [0.1, 0.15) is 67.0 Å². The van der Waals surface area contributed by atoms with Crippen molar-refractivity contribution in [1.82, 2.24) is 10.3 Å². The van der Waals surface area contributed by atoms with E-state index in [1.165, 1.54) is 17.5 Å². The number of nitrogens with two attached hydrogens (primary N) is 1. The largest absolute Gasteiger partial charge is 0.448 e. The van der Waals surface area contributed by atoms with Gasteiger partial charge in [-0.25, -0.2) is 4.98 Å². The number of benzene rings is 3. The van der Waals surface area contributed by atoms with Crippen LogP contribution in [0.2, 0.25) is 0 Å². The predicted octanol–water partition coefficient (Wildman–Crippen LogP) is 4.51. The first kappa shape index (κ1) is 29.0. The number of para-hydroxylation sites is 1. The molecule has 1 saturated carbocycles. The summed E-state index contributed by atoms with van der Waals surface area (Å²) in [4.78, 5) is 47.0. The summed E-state index contributed by atoms with van der Waals surface area (Å²) in [5.74, 6) is -0.247. The first-order valence-electron chi connectivity index (χ1n) is 15.0. The molecule has 2 heterocycles. The molecule has 1 aliphatic carbocycles. The number of oxazole rings is 1. The second-order valence-electron chi connectivity index (χ2n) is 11.4. The van der Waals surface area contributed by atoms with Crippen LogP contribution in [0.3, 0.4) is 0 Å². The Bertz CT molecular complexity index is 1690. The Hall–Kier alpha value is -5.12. The van der Waals surface area contributed by atoms with E-state index in [2.05, 4.69) is 50.5 Å². The van der Waals surface area contributed by atoms with Gasteiger partial charge in [0.1, 0.15) is 6.26 Å². The Morgan fingerprint density at radius 3 is 2.36 bits per heavy atom. The van der Waals surface area contributed by atoms with Gasteiger partial charge in [-0.1, -0.05) is 30.3 Å². The molecule has 44 heavy (non-hydrogen) atoms. The monoisotopic (exact) mass is 592 g/mol. The van der Waals surface area contributed by atoms with E-state index in [1.54, 1.807) is 30.3 Å². The van der Waals surface area contributed by atoms with Crippen molar-refractivity contribution in [3.63, 3.8) is 0 Å². The minimum atomic E-state index is -0.489. The first-order valence-corrected chi connectivity index (χ1v) is 15.0. The van der Waals surface area contributed by atoms with Crippen molar-refractivity contribution in [3.05, 3.63) is 107 Å². The Labute approximate surface area is 256 Å². The number of primary amides is 1. The molecular formula is C34H36N6O4. The quantitative estimate of drug-likeness (QED) is 0.247. The molecule has 226 valence electrons. The number of aromatic nitrogens is 1. The molecule has 1 aromatic heterocycles. The zero-order chi connectivity index (χ0) is 30.6. The van der Waals surface area contributed by atoms with Crippen LogP contribution in [0.4, 0.5) is 17.1 Å². The Morgan fingerprint density at radius 1 is 0.886 bits per heavy atom. The van der Waals surface area contributed by atoms with Gasteiger partial charge < -0.3 is 30.6 Å². The van der Waals surface area contributed by atoms with Crippen LogP contribution in [0.5, 0.6) is 0 Å². The van der Waals surface area contributed by atoms with Gasteiger partial charge in [0.15, 0.2) is 11.6 Å². The maximum absolute atomic E-state index is 13.3. The van der Waals surface area contributed by atoms with Gasteiger partial charge in [-0.15, -0.1) is 0 Å². The highest BCUT2D eigenvalue weighted by Crippen LogP contribution is 2.39. The number of amides is 3. The fourth-order valence-electron chi connectivity index (χ4n) is 5.56. The molecule has 0 bridgehead atoms. The third-order valence-electron chi connectivity index (χ3n) is 8.18. The van der Waals surface area contributed by atoms with Crippen molar-refractivity contribution < 1.29 is 18.8 Å². The number of hydrogen-bond donors (Lipinski definition) is 3. The van der Waals surface area contributed by atoms with Crippen molar-refractivity contribution in [2.75, 3.05) is 47.8 Å². The predicted molar refractivity (Wildman–Crippen MR) is 169 cm³/mol. The van der Waals surface area contributed by atoms with Crippen LogP contribution < -0.4 is 26.2 Å². The van der Waals surface area contributed by atoms with E-state index in [0.717, 1.165) is 50.3 Å². The number of aryl methyl sites for hydroxylation is 1. The van der Waals surface area contributed by atoms with Crippen molar-refractivity contribution in [2.24, 2.45) is 5.73 Å². The topological polar surface area (TPSA) is 134 Å². The highest BCUT2D eigenvalue weighted by Gasteiger charge is 2.30.